The minimum atomic E-state index is -0.552. The van der Waals surface area contributed by atoms with Gasteiger partial charge < -0.3 is 14.8 Å². The van der Waals surface area contributed by atoms with Crippen molar-refractivity contribution in [1.82, 2.24) is 10.8 Å². The second-order valence-corrected chi connectivity index (χ2v) is 7.67. The summed E-state index contributed by atoms with van der Waals surface area (Å²) in [6, 6.07) is 16.0. The highest BCUT2D eigenvalue weighted by Gasteiger charge is 2.25. The van der Waals surface area contributed by atoms with Crippen molar-refractivity contribution in [2.75, 3.05) is 20.0 Å². The second-order valence-electron chi connectivity index (χ2n) is 6.76. The van der Waals surface area contributed by atoms with Crippen LogP contribution in [0.5, 0.6) is 0 Å². The Morgan fingerprint density at radius 1 is 1.07 bits per heavy atom. The molecule has 0 saturated heterocycles. The predicted octanol–water partition coefficient (Wildman–Crippen LogP) is 3.31. The van der Waals surface area contributed by atoms with Crippen LogP contribution < -0.4 is 10.8 Å². The molecule has 2 amide bonds. The van der Waals surface area contributed by atoms with Crippen LogP contribution in [0.3, 0.4) is 0 Å². The van der Waals surface area contributed by atoms with E-state index in [1.54, 1.807) is 29.7 Å². The maximum atomic E-state index is 12.7. The van der Waals surface area contributed by atoms with E-state index >= 15 is 0 Å². The number of carbonyl (C=O) groups excluding carboxylic acids is 2. The lowest BCUT2D eigenvalue weighted by molar-refractivity contribution is -0.134. The molecule has 7 nitrogen and oxygen atoms in total. The summed E-state index contributed by atoms with van der Waals surface area (Å²) in [5, 5.41) is 12.1. The summed E-state index contributed by atoms with van der Waals surface area (Å²) in [6.45, 7) is 2.64. The van der Waals surface area contributed by atoms with Crippen LogP contribution in [0.4, 0.5) is 0 Å². The lowest BCUT2D eigenvalue weighted by atomic mass is 9.92. The molecule has 0 radical (unpaired) electrons. The van der Waals surface area contributed by atoms with E-state index < -0.39 is 17.9 Å². The smallest absolute Gasteiger partial charge is 0.251 e. The van der Waals surface area contributed by atoms with E-state index in [2.05, 4.69) is 21.2 Å². The van der Waals surface area contributed by atoms with Crippen LogP contribution in [0.2, 0.25) is 0 Å². The van der Waals surface area contributed by atoms with Crippen molar-refractivity contribution in [1.29, 1.82) is 0 Å². The molecule has 2 rings (SSSR count). The van der Waals surface area contributed by atoms with Gasteiger partial charge in [0, 0.05) is 22.6 Å². The van der Waals surface area contributed by atoms with E-state index in [1.165, 1.54) is 0 Å². The molecule has 2 aromatic carbocycles. The molecule has 8 heteroatoms. The van der Waals surface area contributed by atoms with Gasteiger partial charge in [-0.2, -0.15) is 0 Å². The Hall–Kier alpha value is -2.26. The third-order valence-corrected chi connectivity index (χ3v) is 5.04. The average Bonchev–Trinajstić information content (AvgIpc) is 2.76. The molecule has 0 aromatic heterocycles. The van der Waals surface area contributed by atoms with E-state index in [9.17, 15) is 14.8 Å². The first-order valence-corrected chi connectivity index (χ1v) is 10.5. The molecular weight excluding hydrogens is 452 g/mol. The number of hydroxylamine groups is 1. The van der Waals surface area contributed by atoms with E-state index in [-0.39, 0.29) is 25.7 Å². The zero-order valence-electron chi connectivity index (χ0n) is 16.8. The fourth-order valence-electron chi connectivity index (χ4n) is 2.99. The molecular formula is C22H27BrN2O5. The minimum Gasteiger partial charge on any atom is -0.356 e. The molecule has 2 aromatic rings. The van der Waals surface area contributed by atoms with Gasteiger partial charge in [-0.25, -0.2) is 5.48 Å². The summed E-state index contributed by atoms with van der Waals surface area (Å²) in [7, 11) is 0. The number of hydrogen-bond donors (Lipinski definition) is 3. The zero-order chi connectivity index (χ0) is 21.8. The average molecular weight is 479 g/mol. The highest BCUT2D eigenvalue weighted by molar-refractivity contribution is 9.10. The maximum Gasteiger partial charge on any atom is 0.251 e. The Kier molecular flexibility index (Phi) is 10.5. The molecule has 0 aliphatic carbocycles. The van der Waals surface area contributed by atoms with Gasteiger partial charge in [0.1, 0.15) is 6.79 Å². The number of rotatable bonds is 12. The van der Waals surface area contributed by atoms with Crippen molar-refractivity contribution in [2.45, 2.75) is 25.8 Å². The van der Waals surface area contributed by atoms with Crippen molar-refractivity contribution < 1.29 is 24.3 Å². The van der Waals surface area contributed by atoms with Gasteiger partial charge in [0.05, 0.1) is 12.6 Å². The first-order valence-electron chi connectivity index (χ1n) is 9.73. The van der Waals surface area contributed by atoms with E-state index in [0.717, 1.165) is 10.0 Å². The Labute approximate surface area is 184 Å². The summed E-state index contributed by atoms with van der Waals surface area (Å²) in [5.41, 5.74) is 3.19. The molecule has 162 valence electrons. The van der Waals surface area contributed by atoms with Gasteiger partial charge >= 0.3 is 0 Å². The quantitative estimate of drug-likeness (QED) is 0.188. The Balaban J connectivity index is 2.10. The molecule has 0 aliphatic heterocycles. The predicted molar refractivity (Wildman–Crippen MR) is 116 cm³/mol. The van der Waals surface area contributed by atoms with Crippen molar-refractivity contribution in [3.63, 3.8) is 0 Å². The van der Waals surface area contributed by atoms with Crippen molar-refractivity contribution in [2.24, 2.45) is 5.92 Å². The zero-order valence-corrected chi connectivity index (χ0v) is 18.4. The molecule has 0 bridgehead atoms. The summed E-state index contributed by atoms with van der Waals surface area (Å²) >= 11 is 3.35. The van der Waals surface area contributed by atoms with Crippen molar-refractivity contribution in [3.05, 3.63) is 70.2 Å². The summed E-state index contributed by atoms with van der Waals surface area (Å²) in [4.78, 5) is 24.9. The minimum absolute atomic E-state index is 0.0940. The van der Waals surface area contributed by atoms with E-state index in [1.807, 2.05) is 37.3 Å². The topological polar surface area (TPSA) is 96.9 Å². The van der Waals surface area contributed by atoms with Crippen LogP contribution in [0.1, 0.15) is 29.3 Å². The number of benzene rings is 2. The third-order valence-electron chi connectivity index (χ3n) is 4.51. The Bertz CT molecular complexity index is 786. The molecule has 2 atom stereocenters. The molecule has 0 fully saturated rings. The van der Waals surface area contributed by atoms with Crippen molar-refractivity contribution in [3.8, 4) is 0 Å². The van der Waals surface area contributed by atoms with Gasteiger partial charge in [-0.05, 0) is 49.6 Å². The van der Waals surface area contributed by atoms with Gasteiger partial charge in [0.25, 0.3) is 5.91 Å². The lowest BCUT2D eigenvalue weighted by Gasteiger charge is -2.24. The SMILES string of the molecule is CCOCOCC(CC(Cc1ccccc1)C(=O)NO)NC(=O)c1ccc(Br)cc1. The van der Waals surface area contributed by atoms with Crippen molar-refractivity contribution >= 4 is 27.7 Å². The summed E-state index contributed by atoms with van der Waals surface area (Å²) < 4.78 is 11.6. The van der Waals surface area contributed by atoms with Crippen LogP contribution in [0.25, 0.3) is 0 Å². The van der Waals surface area contributed by atoms with Crippen LogP contribution in [0, 0.1) is 5.92 Å². The number of hydrogen-bond acceptors (Lipinski definition) is 5. The fourth-order valence-corrected chi connectivity index (χ4v) is 3.25. The highest BCUT2D eigenvalue weighted by Crippen LogP contribution is 2.17. The summed E-state index contributed by atoms with van der Waals surface area (Å²) in [6.07, 6.45) is 0.707. The monoisotopic (exact) mass is 478 g/mol. The number of amides is 2. The molecule has 0 heterocycles. The first-order chi connectivity index (χ1) is 14.5. The van der Waals surface area contributed by atoms with Crippen LogP contribution in [-0.2, 0) is 20.7 Å². The third kappa shape index (κ3) is 8.23. The van der Waals surface area contributed by atoms with Gasteiger partial charge in [-0.1, -0.05) is 46.3 Å². The van der Waals surface area contributed by atoms with Crippen LogP contribution >= 0.6 is 15.9 Å². The molecule has 0 aliphatic rings. The molecule has 0 saturated carbocycles. The Morgan fingerprint density at radius 2 is 1.77 bits per heavy atom. The largest absolute Gasteiger partial charge is 0.356 e. The van der Waals surface area contributed by atoms with E-state index in [0.29, 0.717) is 18.6 Å². The van der Waals surface area contributed by atoms with E-state index in [4.69, 9.17) is 9.47 Å². The normalized spacial score (nSPS) is 12.8. The lowest BCUT2D eigenvalue weighted by Crippen LogP contribution is -2.42. The highest BCUT2D eigenvalue weighted by atomic mass is 79.9. The fraction of sp³-hybridized carbons (Fsp3) is 0.364. The van der Waals surface area contributed by atoms with Crippen LogP contribution in [-0.4, -0.2) is 43.1 Å². The molecule has 0 spiro atoms. The number of ether oxygens (including phenoxy) is 2. The number of carbonyl (C=O) groups is 2. The number of halogens is 1. The van der Waals surface area contributed by atoms with Crippen LogP contribution in [0.15, 0.2) is 59.1 Å². The second kappa shape index (κ2) is 13.1. The molecule has 30 heavy (non-hydrogen) atoms. The van der Waals surface area contributed by atoms with Gasteiger partial charge in [0.2, 0.25) is 5.91 Å². The summed E-state index contributed by atoms with van der Waals surface area (Å²) in [5.74, 6) is -1.33. The maximum absolute atomic E-state index is 12.7. The first kappa shape index (κ1) is 24.0. The van der Waals surface area contributed by atoms with Gasteiger partial charge in [-0.3, -0.25) is 14.8 Å². The molecule has 2 unspecified atom stereocenters. The number of nitrogens with one attached hydrogen (secondary N) is 2. The van der Waals surface area contributed by atoms with Gasteiger partial charge in [-0.15, -0.1) is 0 Å². The Morgan fingerprint density at radius 3 is 2.40 bits per heavy atom. The molecule has 3 N–H and O–H groups in total. The standard InChI is InChI=1S/C22H27BrN2O5/c1-2-29-15-30-14-20(24-21(26)17-8-10-19(23)11-9-17)13-18(22(27)25-28)12-16-6-4-3-5-7-16/h3-11,18,20,28H,2,12-15H2,1H3,(H,24,26)(H,25,27). The van der Waals surface area contributed by atoms with Gasteiger partial charge in [0.15, 0.2) is 0 Å².